The van der Waals surface area contributed by atoms with Gasteiger partial charge in [0.25, 0.3) is 5.91 Å². The highest BCUT2D eigenvalue weighted by molar-refractivity contribution is 5.93. The third kappa shape index (κ3) is 5.05. The predicted octanol–water partition coefficient (Wildman–Crippen LogP) is 4.15. The number of ether oxygens (including phenoxy) is 1. The number of hydrogen-bond acceptors (Lipinski definition) is 4. The summed E-state index contributed by atoms with van der Waals surface area (Å²) in [6.07, 6.45) is 1.91. The van der Waals surface area contributed by atoms with Gasteiger partial charge in [0.1, 0.15) is 11.4 Å². The second kappa shape index (κ2) is 9.55. The van der Waals surface area contributed by atoms with Crippen molar-refractivity contribution >= 4 is 5.91 Å². The minimum absolute atomic E-state index is 0.105. The minimum atomic E-state index is -0.105. The Balaban J connectivity index is 1.33. The second-order valence-electron chi connectivity index (χ2n) is 7.65. The van der Waals surface area contributed by atoms with Crippen molar-refractivity contribution in [2.45, 2.75) is 25.4 Å². The second-order valence-corrected chi connectivity index (χ2v) is 7.65. The Morgan fingerprint density at radius 1 is 1.00 bits per heavy atom. The zero-order chi connectivity index (χ0) is 20.8. The van der Waals surface area contributed by atoms with Crippen molar-refractivity contribution in [1.82, 2.24) is 15.2 Å². The normalized spacial score (nSPS) is 15.0. The first kappa shape index (κ1) is 20.1. The molecule has 0 saturated carbocycles. The Morgan fingerprint density at radius 3 is 2.43 bits per heavy atom. The van der Waals surface area contributed by atoms with E-state index in [1.807, 2.05) is 42.5 Å². The quantitative estimate of drug-likeness (QED) is 0.674. The Labute approximate surface area is 177 Å². The predicted molar refractivity (Wildman–Crippen MR) is 118 cm³/mol. The maximum atomic E-state index is 12.8. The molecule has 154 valence electrons. The smallest absolute Gasteiger partial charge is 0.270 e. The maximum Gasteiger partial charge on any atom is 0.270 e. The number of piperidine rings is 1. The van der Waals surface area contributed by atoms with Gasteiger partial charge in [-0.2, -0.15) is 0 Å². The van der Waals surface area contributed by atoms with Crippen molar-refractivity contribution in [1.29, 1.82) is 0 Å². The van der Waals surface area contributed by atoms with E-state index in [-0.39, 0.29) is 11.9 Å². The molecule has 5 nitrogen and oxygen atoms in total. The third-order valence-corrected chi connectivity index (χ3v) is 5.54. The van der Waals surface area contributed by atoms with Crippen LogP contribution in [-0.2, 0) is 6.54 Å². The fourth-order valence-corrected chi connectivity index (χ4v) is 3.82. The zero-order valence-electron chi connectivity index (χ0n) is 17.3. The first-order valence-electron chi connectivity index (χ1n) is 10.4. The summed E-state index contributed by atoms with van der Waals surface area (Å²) in [4.78, 5) is 19.8. The number of methoxy groups -OCH3 is 1. The summed E-state index contributed by atoms with van der Waals surface area (Å²) >= 11 is 0. The molecule has 0 bridgehead atoms. The fourth-order valence-electron chi connectivity index (χ4n) is 3.82. The molecule has 4 rings (SSSR count). The van der Waals surface area contributed by atoms with Gasteiger partial charge in [-0.3, -0.25) is 9.69 Å². The van der Waals surface area contributed by atoms with E-state index in [4.69, 9.17) is 4.74 Å². The first-order valence-corrected chi connectivity index (χ1v) is 10.4. The van der Waals surface area contributed by atoms with Gasteiger partial charge in [-0.25, -0.2) is 4.98 Å². The highest BCUT2D eigenvalue weighted by Crippen LogP contribution is 2.21. The average molecular weight is 402 g/mol. The van der Waals surface area contributed by atoms with Gasteiger partial charge in [0.05, 0.1) is 12.8 Å². The molecule has 1 amide bonds. The van der Waals surface area contributed by atoms with Crippen LogP contribution in [0.4, 0.5) is 0 Å². The zero-order valence-corrected chi connectivity index (χ0v) is 17.3. The Hall–Kier alpha value is -3.18. The number of benzene rings is 2. The van der Waals surface area contributed by atoms with Crippen molar-refractivity contribution in [2.24, 2.45) is 0 Å². The molecule has 0 unspecified atom stereocenters. The number of pyridine rings is 1. The standard InChI is InChI=1S/C25H27N3O2/c1-30-22-12-10-20(11-13-22)23-8-5-9-24(27-23)25(29)26-21-14-16-28(17-15-21)18-19-6-3-2-4-7-19/h2-13,21H,14-18H2,1H3,(H,26,29). The average Bonchev–Trinajstić information content (AvgIpc) is 2.81. The van der Waals surface area contributed by atoms with Gasteiger partial charge in [0, 0.05) is 31.2 Å². The van der Waals surface area contributed by atoms with Gasteiger partial charge in [0.2, 0.25) is 0 Å². The summed E-state index contributed by atoms with van der Waals surface area (Å²) in [7, 11) is 1.64. The van der Waals surface area contributed by atoms with Crippen LogP contribution in [0.25, 0.3) is 11.3 Å². The lowest BCUT2D eigenvalue weighted by Crippen LogP contribution is -2.44. The number of amides is 1. The van der Waals surface area contributed by atoms with E-state index in [9.17, 15) is 4.79 Å². The summed E-state index contributed by atoms with van der Waals surface area (Å²) < 4.78 is 5.20. The number of carbonyl (C=O) groups excluding carboxylic acids is 1. The summed E-state index contributed by atoms with van der Waals surface area (Å²) in [5.74, 6) is 0.693. The van der Waals surface area contributed by atoms with Crippen LogP contribution in [0.15, 0.2) is 72.8 Å². The molecule has 1 aliphatic heterocycles. The fraction of sp³-hybridized carbons (Fsp3) is 0.280. The van der Waals surface area contributed by atoms with Crippen molar-refractivity contribution in [3.8, 4) is 17.0 Å². The molecule has 0 radical (unpaired) electrons. The molecule has 2 heterocycles. The molecule has 1 N–H and O–H groups in total. The van der Waals surface area contributed by atoms with Crippen LogP contribution in [-0.4, -0.2) is 42.0 Å². The molecule has 2 aromatic carbocycles. The summed E-state index contributed by atoms with van der Waals surface area (Å²) in [5.41, 5.74) is 3.53. The van der Waals surface area contributed by atoms with Crippen molar-refractivity contribution < 1.29 is 9.53 Å². The highest BCUT2D eigenvalue weighted by atomic mass is 16.5. The lowest BCUT2D eigenvalue weighted by Gasteiger charge is -2.32. The number of likely N-dealkylation sites (tertiary alicyclic amines) is 1. The van der Waals surface area contributed by atoms with Gasteiger partial charge in [-0.15, -0.1) is 0 Å². The molecule has 1 aliphatic rings. The molecular formula is C25H27N3O2. The van der Waals surface area contributed by atoms with Crippen LogP contribution in [0, 0.1) is 0 Å². The van der Waals surface area contributed by atoms with E-state index in [2.05, 4.69) is 39.5 Å². The van der Waals surface area contributed by atoms with Gasteiger partial charge >= 0.3 is 0 Å². The van der Waals surface area contributed by atoms with Crippen LogP contribution in [0.1, 0.15) is 28.9 Å². The topological polar surface area (TPSA) is 54.5 Å². The SMILES string of the molecule is COc1ccc(-c2cccc(C(=O)NC3CCN(Cc4ccccc4)CC3)n2)cc1. The van der Waals surface area contributed by atoms with E-state index in [1.54, 1.807) is 13.2 Å². The van der Waals surface area contributed by atoms with E-state index in [0.717, 1.165) is 49.5 Å². The minimum Gasteiger partial charge on any atom is -0.497 e. The molecule has 0 aliphatic carbocycles. The van der Waals surface area contributed by atoms with Gasteiger partial charge in [-0.1, -0.05) is 36.4 Å². The summed E-state index contributed by atoms with van der Waals surface area (Å²) in [6, 6.07) is 24.0. The molecular weight excluding hydrogens is 374 g/mol. The highest BCUT2D eigenvalue weighted by Gasteiger charge is 2.21. The lowest BCUT2D eigenvalue weighted by molar-refractivity contribution is 0.0904. The molecule has 1 saturated heterocycles. The van der Waals surface area contributed by atoms with E-state index in [1.165, 1.54) is 5.56 Å². The molecule has 5 heteroatoms. The first-order chi connectivity index (χ1) is 14.7. The monoisotopic (exact) mass is 401 g/mol. The molecule has 3 aromatic rings. The molecule has 1 aromatic heterocycles. The number of nitrogens with zero attached hydrogens (tertiary/aromatic N) is 2. The Morgan fingerprint density at radius 2 is 1.73 bits per heavy atom. The van der Waals surface area contributed by atoms with Crippen molar-refractivity contribution in [2.75, 3.05) is 20.2 Å². The number of hydrogen-bond donors (Lipinski definition) is 1. The third-order valence-electron chi connectivity index (χ3n) is 5.54. The van der Waals surface area contributed by atoms with Crippen LogP contribution in [0.2, 0.25) is 0 Å². The van der Waals surface area contributed by atoms with Crippen LogP contribution in [0.3, 0.4) is 0 Å². The maximum absolute atomic E-state index is 12.8. The molecule has 0 spiro atoms. The van der Waals surface area contributed by atoms with E-state index in [0.29, 0.717) is 5.69 Å². The number of carbonyl (C=O) groups is 1. The number of aromatic nitrogens is 1. The van der Waals surface area contributed by atoms with Crippen LogP contribution >= 0.6 is 0 Å². The van der Waals surface area contributed by atoms with Gasteiger partial charge < -0.3 is 10.1 Å². The summed E-state index contributed by atoms with van der Waals surface area (Å²) in [5, 5.41) is 3.17. The van der Waals surface area contributed by atoms with E-state index >= 15 is 0 Å². The van der Waals surface area contributed by atoms with E-state index < -0.39 is 0 Å². The van der Waals surface area contributed by atoms with Crippen LogP contribution in [0.5, 0.6) is 5.75 Å². The Kier molecular flexibility index (Phi) is 6.40. The van der Waals surface area contributed by atoms with Crippen molar-refractivity contribution in [3.05, 3.63) is 84.1 Å². The Bertz CT molecular complexity index is 965. The molecule has 30 heavy (non-hydrogen) atoms. The number of nitrogens with one attached hydrogen (secondary N) is 1. The van der Waals surface area contributed by atoms with Crippen LogP contribution < -0.4 is 10.1 Å². The molecule has 0 atom stereocenters. The lowest BCUT2D eigenvalue weighted by atomic mass is 10.0. The van der Waals surface area contributed by atoms with Gasteiger partial charge in [0.15, 0.2) is 0 Å². The van der Waals surface area contributed by atoms with Crippen molar-refractivity contribution in [3.63, 3.8) is 0 Å². The van der Waals surface area contributed by atoms with Gasteiger partial charge in [-0.05, 0) is 54.8 Å². The molecule has 1 fully saturated rings. The largest absolute Gasteiger partial charge is 0.497 e. The number of rotatable bonds is 6. The summed E-state index contributed by atoms with van der Waals surface area (Å²) in [6.45, 7) is 2.94.